The summed E-state index contributed by atoms with van der Waals surface area (Å²) in [4.78, 5) is 28.2. The topological polar surface area (TPSA) is 89.0 Å². The standard InChI is InChI=1S/C15H14N2O5S/c1-17(6-14(19)20)13(18)5-10-7-23-15(16-10)9-2-3-11-12(4-9)22-8-21-11/h2-4,7H,5-6,8H2,1H3,(H,19,20). The van der Waals surface area contributed by atoms with Crippen molar-refractivity contribution in [2.24, 2.45) is 0 Å². The number of amides is 1. The normalized spacial score (nSPS) is 12.2. The van der Waals surface area contributed by atoms with Crippen LogP contribution in [-0.4, -0.2) is 47.3 Å². The molecule has 0 spiro atoms. The Kier molecular flexibility index (Phi) is 4.16. The maximum absolute atomic E-state index is 11.9. The van der Waals surface area contributed by atoms with Crippen LogP contribution in [0, 0.1) is 0 Å². The summed E-state index contributed by atoms with van der Waals surface area (Å²) in [5.74, 6) is 0.0580. The second-order valence-corrected chi connectivity index (χ2v) is 5.89. The molecule has 1 aromatic heterocycles. The predicted molar refractivity (Wildman–Crippen MR) is 82.6 cm³/mol. The molecule has 1 aromatic carbocycles. The second kappa shape index (κ2) is 6.25. The summed E-state index contributed by atoms with van der Waals surface area (Å²) in [5, 5.41) is 11.3. The quantitative estimate of drug-likeness (QED) is 0.894. The van der Waals surface area contributed by atoms with Crippen molar-refractivity contribution in [3.05, 3.63) is 29.3 Å². The smallest absolute Gasteiger partial charge is 0.323 e. The number of aromatic nitrogens is 1. The van der Waals surface area contributed by atoms with Gasteiger partial charge in [0.15, 0.2) is 11.5 Å². The Morgan fingerprint density at radius 1 is 1.35 bits per heavy atom. The number of carbonyl (C=O) groups is 2. The van der Waals surface area contributed by atoms with E-state index in [1.807, 2.05) is 18.2 Å². The first-order valence-electron chi connectivity index (χ1n) is 6.83. The number of nitrogens with zero attached hydrogens (tertiary/aromatic N) is 2. The average Bonchev–Trinajstić information content (AvgIpc) is 3.14. The maximum atomic E-state index is 11.9. The monoisotopic (exact) mass is 334 g/mol. The van der Waals surface area contributed by atoms with Crippen molar-refractivity contribution in [2.45, 2.75) is 6.42 Å². The fourth-order valence-corrected chi connectivity index (χ4v) is 2.95. The average molecular weight is 334 g/mol. The number of carbonyl (C=O) groups excluding carboxylic acids is 1. The van der Waals surface area contributed by atoms with E-state index in [2.05, 4.69) is 4.98 Å². The number of hydrogen-bond acceptors (Lipinski definition) is 6. The highest BCUT2D eigenvalue weighted by atomic mass is 32.1. The summed E-state index contributed by atoms with van der Waals surface area (Å²) in [6.07, 6.45) is 0.0742. The first-order chi connectivity index (χ1) is 11.0. The van der Waals surface area contributed by atoms with Gasteiger partial charge in [-0.1, -0.05) is 0 Å². The van der Waals surface area contributed by atoms with Gasteiger partial charge >= 0.3 is 5.97 Å². The summed E-state index contributed by atoms with van der Waals surface area (Å²) in [6.45, 7) is -0.107. The Balaban J connectivity index is 1.71. The minimum atomic E-state index is -1.04. The molecule has 8 heteroatoms. The number of fused-ring (bicyclic) bond motifs is 1. The molecule has 120 valence electrons. The molecular formula is C15H14N2O5S. The van der Waals surface area contributed by atoms with E-state index >= 15 is 0 Å². The van der Waals surface area contributed by atoms with Gasteiger partial charge in [0.05, 0.1) is 12.1 Å². The van der Waals surface area contributed by atoms with Crippen LogP contribution in [0.3, 0.4) is 0 Å². The van der Waals surface area contributed by atoms with E-state index in [9.17, 15) is 9.59 Å². The molecule has 0 bridgehead atoms. The SMILES string of the molecule is CN(CC(=O)O)C(=O)Cc1csc(-c2ccc3c(c2)OCO3)n1. The number of ether oxygens (including phenoxy) is 2. The number of benzene rings is 1. The van der Waals surface area contributed by atoms with Gasteiger partial charge in [-0.15, -0.1) is 11.3 Å². The molecule has 3 rings (SSSR count). The summed E-state index contributed by atoms with van der Waals surface area (Å²) >= 11 is 1.42. The molecule has 7 nitrogen and oxygen atoms in total. The number of carboxylic acids is 1. The molecule has 2 heterocycles. The predicted octanol–water partition coefficient (Wildman–Crippen LogP) is 1.62. The van der Waals surface area contributed by atoms with Crippen molar-refractivity contribution in [2.75, 3.05) is 20.4 Å². The Hall–Kier alpha value is -2.61. The highest BCUT2D eigenvalue weighted by molar-refractivity contribution is 7.13. The van der Waals surface area contributed by atoms with Gasteiger partial charge in [0.25, 0.3) is 0 Å². The van der Waals surface area contributed by atoms with Crippen LogP contribution in [0.15, 0.2) is 23.6 Å². The van der Waals surface area contributed by atoms with E-state index in [0.29, 0.717) is 17.2 Å². The third-order valence-electron chi connectivity index (χ3n) is 3.30. The summed E-state index contributed by atoms with van der Waals surface area (Å²) in [5.41, 5.74) is 1.50. The van der Waals surface area contributed by atoms with Crippen LogP contribution in [0.4, 0.5) is 0 Å². The van der Waals surface area contributed by atoms with Crippen molar-refractivity contribution in [1.82, 2.24) is 9.88 Å². The molecule has 0 aliphatic carbocycles. The van der Waals surface area contributed by atoms with E-state index in [1.54, 1.807) is 5.38 Å². The number of thiazole rings is 1. The highest BCUT2D eigenvalue weighted by Gasteiger charge is 2.17. The molecule has 0 atom stereocenters. The van der Waals surface area contributed by atoms with E-state index in [1.165, 1.54) is 23.3 Å². The lowest BCUT2D eigenvalue weighted by atomic mass is 10.2. The Bertz CT molecular complexity index is 758. The summed E-state index contributed by atoms with van der Waals surface area (Å²) in [6, 6.07) is 5.56. The largest absolute Gasteiger partial charge is 0.480 e. The Morgan fingerprint density at radius 3 is 2.91 bits per heavy atom. The van der Waals surface area contributed by atoms with Gasteiger partial charge in [0.1, 0.15) is 11.6 Å². The van der Waals surface area contributed by atoms with Crippen LogP contribution in [-0.2, 0) is 16.0 Å². The molecule has 0 unspecified atom stereocenters. The van der Waals surface area contributed by atoms with Gasteiger partial charge in [0, 0.05) is 18.0 Å². The van der Waals surface area contributed by atoms with Crippen molar-refractivity contribution in [3.63, 3.8) is 0 Å². The lowest BCUT2D eigenvalue weighted by Gasteiger charge is -2.13. The van der Waals surface area contributed by atoms with Crippen LogP contribution >= 0.6 is 11.3 Å². The number of carboxylic acid groups (broad SMARTS) is 1. The fraction of sp³-hybridized carbons (Fsp3) is 0.267. The van der Waals surface area contributed by atoms with Gasteiger partial charge in [-0.25, -0.2) is 4.98 Å². The third-order valence-corrected chi connectivity index (χ3v) is 4.24. The van der Waals surface area contributed by atoms with E-state index < -0.39 is 5.97 Å². The molecule has 2 aromatic rings. The van der Waals surface area contributed by atoms with E-state index in [4.69, 9.17) is 14.6 Å². The minimum absolute atomic E-state index is 0.0742. The molecule has 1 N–H and O–H groups in total. The lowest BCUT2D eigenvalue weighted by Crippen LogP contribution is -2.33. The first kappa shape index (κ1) is 15.3. The molecule has 0 radical (unpaired) electrons. The van der Waals surface area contributed by atoms with Gasteiger partial charge in [0.2, 0.25) is 12.7 Å². The molecular weight excluding hydrogens is 320 g/mol. The van der Waals surface area contributed by atoms with Crippen LogP contribution < -0.4 is 9.47 Å². The Labute approximate surface area is 136 Å². The minimum Gasteiger partial charge on any atom is -0.480 e. The molecule has 0 saturated carbocycles. The van der Waals surface area contributed by atoms with Crippen molar-refractivity contribution < 1.29 is 24.2 Å². The van der Waals surface area contributed by atoms with Crippen LogP contribution in [0.25, 0.3) is 10.6 Å². The Morgan fingerprint density at radius 2 is 2.13 bits per heavy atom. The van der Waals surface area contributed by atoms with Gasteiger partial charge < -0.3 is 19.5 Å². The van der Waals surface area contributed by atoms with E-state index in [-0.39, 0.29) is 25.7 Å². The number of rotatable bonds is 5. The molecule has 0 fully saturated rings. The molecule has 1 amide bonds. The zero-order valence-corrected chi connectivity index (χ0v) is 13.1. The number of likely N-dealkylation sites (N-methyl/N-ethyl adjacent to an activating group) is 1. The lowest BCUT2D eigenvalue weighted by molar-refractivity contribution is -0.143. The van der Waals surface area contributed by atoms with Crippen LogP contribution in [0.5, 0.6) is 11.5 Å². The first-order valence-corrected chi connectivity index (χ1v) is 7.71. The van der Waals surface area contributed by atoms with Gasteiger partial charge in [-0.05, 0) is 18.2 Å². The van der Waals surface area contributed by atoms with Gasteiger partial charge in [-0.2, -0.15) is 0 Å². The van der Waals surface area contributed by atoms with Crippen molar-refractivity contribution >= 4 is 23.2 Å². The third kappa shape index (κ3) is 3.42. The van der Waals surface area contributed by atoms with Crippen LogP contribution in [0.2, 0.25) is 0 Å². The molecule has 23 heavy (non-hydrogen) atoms. The fourth-order valence-electron chi connectivity index (χ4n) is 2.13. The van der Waals surface area contributed by atoms with Crippen molar-refractivity contribution in [3.8, 4) is 22.1 Å². The zero-order valence-electron chi connectivity index (χ0n) is 12.3. The number of hydrogen-bond donors (Lipinski definition) is 1. The molecule has 1 aliphatic heterocycles. The number of aliphatic carboxylic acids is 1. The highest BCUT2D eigenvalue weighted by Crippen LogP contribution is 2.36. The zero-order chi connectivity index (χ0) is 16.4. The summed E-state index contributed by atoms with van der Waals surface area (Å²) < 4.78 is 10.6. The summed E-state index contributed by atoms with van der Waals surface area (Å²) in [7, 11) is 1.46. The second-order valence-electron chi connectivity index (χ2n) is 5.03. The maximum Gasteiger partial charge on any atom is 0.323 e. The molecule has 0 saturated heterocycles. The van der Waals surface area contributed by atoms with E-state index in [0.717, 1.165) is 10.6 Å². The van der Waals surface area contributed by atoms with Crippen molar-refractivity contribution in [1.29, 1.82) is 0 Å². The van der Waals surface area contributed by atoms with Gasteiger partial charge in [-0.3, -0.25) is 9.59 Å². The molecule has 1 aliphatic rings. The van der Waals surface area contributed by atoms with Crippen LogP contribution in [0.1, 0.15) is 5.69 Å².